The Morgan fingerprint density at radius 2 is 1.73 bits per heavy atom. The average Bonchev–Trinajstić information content (AvgIpc) is 3.00. The Morgan fingerprint density at radius 1 is 1.03 bits per heavy atom. The van der Waals surface area contributed by atoms with Gasteiger partial charge in [0, 0.05) is 17.5 Å². The number of carbonyl (C=O) groups excluding carboxylic acids is 1. The molecule has 2 aromatic carbocycles. The predicted octanol–water partition coefficient (Wildman–Crippen LogP) is 5.85. The number of carbonyl (C=O) groups is 1. The zero-order chi connectivity index (χ0) is 21.1. The first kappa shape index (κ1) is 21.0. The number of phenolic OH excluding ortho intramolecular Hbond substituents is 1. The number of anilines is 1. The van der Waals surface area contributed by atoms with E-state index in [0.29, 0.717) is 27.9 Å². The summed E-state index contributed by atoms with van der Waals surface area (Å²) in [6.07, 6.45) is 7.28. The van der Waals surface area contributed by atoms with Crippen LogP contribution in [0, 0.1) is 0 Å². The van der Waals surface area contributed by atoms with E-state index < -0.39 is 0 Å². The van der Waals surface area contributed by atoms with E-state index in [9.17, 15) is 9.90 Å². The summed E-state index contributed by atoms with van der Waals surface area (Å²) in [6.45, 7) is 0. The molecular formula is C23H25Cl2N3O2. The van der Waals surface area contributed by atoms with Crippen molar-refractivity contribution >= 4 is 40.5 Å². The standard InChI is InChI=1S/C23H25Cl2N3O2/c24-16-9-12-21(19(25)13-16)28-22(15-7-10-18(29)11-8-15)14-20(27-28)23(30)26-17-5-3-1-2-4-6-17/h7-13,17,22,29H,1-6,14H2,(H,26,30). The molecule has 1 fully saturated rings. The molecule has 2 aromatic rings. The van der Waals surface area contributed by atoms with Crippen molar-refractivity contribution in [1.82, 2.24) is 5.32 Å². The number of hydrogen-bond acceptors (Lipinski definition) is 4. The van der Waals surface area contributed by atoms with Gasteiger partial charge in [-0.25, -0.2) is 0 Å². The lowest BCUT2D eigenvalue weighted by Crippen LogP contribution is -2.38. The number of nitrogens with one attached hydrogen (secondary N) is 1. The van der Waals surface area contributed by atoms with Gasteiger partial charge in [0.05, 0.1) is 16.8 Å². The van der Waals surface area contributed by atoms with E-state index in [1.54, 1.807) is 29.3 Å². The third kappa shape index (κ3) is 4.73. The summed E-state index contributed by atoms with van der Waals surface area (Å²) in [5.74, 6) is 0.0818. The molecule has 1 heterocycles. The highest BCUT2D eigenvalue weighted by Gasteiger charge is 2.34. The molecule has 1 unspecified atom stereocenters. The normalized spacial score (nSPS) is 20.0. The van der Waals surface area contributed by atoms with Crippen LogP contribution in [-0.4, -0.2) is 22.8 Å². The van der Waals surface area contributed by atoms with E-state index >= 15 is 0 Å². The van der Waals surface area contributed by atoms with Gasteiger partial charge in [-0.1, -0.05) is 61.0 Å². The first-order valence-corrected chi connectivity index (χ1v) is 11.2. The van der Waals surface area contributed by atoms with Gasteiger partial charge in [-0.05, 0) is 48.7 Å². The van der Waals surface area contributed by atoms with Gasteiger partial charge in [0.15, 0.2) is 0 Å². The second-order valence-corrected chi connectivity index (χ2v) is 8.80. The fourth-order valence-corrected chi connectivity index (χ4v) is 4.68. The average molecular weight is 446 g/mol. The maximum absolute atomic E-state index is 13.0. The molecule has 0 spiro atoms. The van der Waals surface area contributed by atoms with Gasteiger partial charge < -0.3 is 10.4 Å². The van der Waals surface area contributed by atoms with Crippen LogP contribution in [0.1, 0.15) is 56.6 Å². The Balaban J connectivity index is 1.61. The van der Waals surface area contributed by atoms with Crippen molar-refractivity contribution in [2.45, 2.75) is 57.0 Å². The van der Waals surface area contributed by atoms with Gasteiger partial charge >= 0.3 is 0 Å². The highest BCUT2D eigenvalue weighted by Crippen LogP contribution is 2.40. The minimum atomic E-state index is -0.195. The molecular weight excluding hydrogens is 421 g/mol. The van der Waals surface area contributed by atoms with Gasteiger partial charge in [-0.3, -0.25) is 9.80 Å². The van der Waals surface area contributed by atoms with Crippen LogP contribution in [0.2, 0.25) is 10.0 Å². The number of hydrazone groups is 1. The zero-order valence-corrected chi connectivity index (χ0v) is 18.2. The molecule has 2 N–H and O–H groups in total. The lowest BCUT2D eigenvalue weighted by atomic mass is 10.0. The Labute approximate surface area is 186 Å². The number of phenols is 1. The molecule has 1 saturated carbocycles. The fraction of sp³-hybridized carbons (Fsp3) is 0.391. The SMILES string of the molecule is O=C(NC1CCCCCC1)C1=NN(c2ccc(Cl)cc2Cl)C(c2ccc(O)cc2)C1. The van der Waals surface area contributed by atoms with Crippen molar-refractivity contribution in [3.05, 3.63) is 58.1 Å². The summed E-state index contributed by atoms with van der Waals surface area (Å²) in [5.41, 5.74) is 2.12. The summed E-state index contributed by atoms with van der Waals surface area (Å²) in [6, 6.07) is 12.2. The van der Waals surface area contributed by atoms with Crippen LogP contribution < -0.4 is 10.3 Å². The Morgan fingerprint density at radius 3 is 2.40 bits per heavy atom. The van der Waals surface area contributed by atoms with E-state index in [2.05, 4.69) is 10.4 Å². The maximum Gasteiger partial charge on any atom is 0.267 e. The first-order chi connectivity index (χ1) is 14.5. The van der Waals surface area contributed by atoms with Crippen molar-refractivity contribution in [3.8, 4) is 5.75 Å². The summed E-state index contributed by atoms with van der Waals surface area (Å²) >= 11 is 12.5. The number of hydrogen-bond donors (Lipinski definition) is 2. The summed E-state index contributed by atoms with van der Waals surface area (Å²) in [5, 5.41) is 20.3. The van der Waals surface area contributed by atoms with E-state index in [1.165, 1.54) is 12.8 Å². The smallest absolute Gasteiger partial charge is 0.267 e. The van der Waals surface area contributed by atoms with Gasteiger partial charge in [-0.2, -0.15) is 5.10 Å². The molecule has 4 rings (SSSR count). The number of halogens is 2. The third-order valence-corrected chi connectivity index (χ3v) is 6.34. The molecule has 0 radical (unpaired) electrons. The monoisotopic (exact) mass is 445 g/mol. The van der Waals surface area contributed by atoms with Gasteiger partial charge in [0.25, 0.3) is 5.91 Å². The quantitative estimate of drug-likeness (QED) is 0.580. The minimum absolute atomic E-state index is 0.113. The van der Waals surface area contributed by atoms with E-state index in [1.807, 2.05) is 18.2 Å². The van der Waals surface area contributed by atoms with E-state index in [0.717, 1.165) is 31.2 Å². The van der Waals surface area contributed by atoms with Crippen molar-refractivity contribution < 1.29 is 9.90 Å². The third-order valence-electron chi connectivity index (χ3n) is 5.80. The number of aromatic hydroxyl groups is 1. The summed E-state index contributed by atoms with van der Waals surface area (Å²) < 4.78 is 0. The first-order valence-electron chi connectivity index (χ1n) is 10.4. The minimum Gasteiger partial charge on any atom is -0.508 e. The Hall–Kier alpha value is -2.24. The van der Waals surface area contributed by atoms with Crippen molar-refractivity contribution in [1.29, 1.82) is 0 Å². The molecule has 2 aliphatic rings. The van der Waals surface area contributed by atoms with Crippen molar-refractivity contribution in [3.63, 3.8) is 0 Å². The predicted molar refractivity (Wildman–Crippen MR) is 121 cm³/mol. The molecule has 0 bridgehead atoms. The highest BCUT2D eigenvalue weighted by molar-refractivity contribution is 6.40. The highest BCUT2D eigenvalue weighted by atomic mass is 35.5. The second-order valence-electron chi connectivity index (χ2n) is 7.96. The van der Waals surface area contributed by atoms with Crippen molar-refractivity contribution in [2.24, 2.45) is 5.10 Å². The topological polar surface area (TPSA) is 64.9 Å². The van der Waals surface area contributed by atoms with E-state index in [-0.39, 0.29) is 23.7 Å². The van der Waals surface area contributed by atoms with Crippen LogP contribution in [0.25, 0.3) is 0 Å². The summed E-state index contributed by atoms with van der Waals surface area (Å²) in [7, 11) is 0. The molecule has 0 saturated heterocycles. The summed E-state index contributed by atoms with van der Waals surface area (Å²) in [4.78, 5) is 13.0. The molecule has 5 nitrogen and oxygen atoms in total. The lowest BCUT2D eigenvalue weighted by molar-refractivity contribution is -0.115. The van der Waals surface area contributed by atoms with Crippen molar-refractivity contribution in [2.75, 3.05) is 5.01 Å². The molecule has 158 valence electrons. The van der Waals surface area contributed by atoms with Crippen LogP contribution in [-0.2, 0) is 4.79 Å². The molecule has 1 aliphatic carbocycles. The molecule has 1 amide bonds. The van der Waals surface area contributed by atoms with E-state index in [4.69, 9.17) is 23.2 Å². The van der Waals surface area contributed by atoms with Crippen LogP contribution in [0.15, 0.2) is 47.6 Å². The number of amides is 1. The van der Waals surface area contributed by atoms with Gasteiger partial charge in [-0.15, -0.1) is 0 Å². The van der Waals surface area contributed by atoms with Crippen LogP contribution in [0.5, 0.6) is 5.75 Å². The Bertz CT molecular complexity index is 938. The molecule has 1 atom stereocenters. The maximum atomic E-state index is 13.0. The van der Waals surface area contributed by atoms with Gasteiger partial charge in [0.1, 0.15) is 11.5 Å². The lowest BCUT2D eigenvalue weighted by Gasteiger charge is -2.25. The molecule has 1 aliphatic heterocycles. The zero-order valence-electron chi connectivity index (χ0n) is 16.7. The number of nitrogens with zero attached hydrogens (tertiary/aromatic N) is 2. The van der Waals surface area contributed by atoms with Crippen LogP contribution in [0.3, 0.4) is 0 Å². The molecule has 7 heteroatoms. The fourth-order valence-electron chi connectivity index (χ4n) is 4.19. The van der Waals surface area contributed by atoms with Crippen LogP contribution >= 0.6 is 23.2 Å². The number of rotatable bonds is 4. The largest absolute Gasteiger partial charge is 0.508 e. The second kappa shape index (κ2) is 9.27. The van der Waals surface area contributed by atoms with Crippen LogP contribution in [0.4, 0.5) is 5.69 Å². The van der Waals surface area contributed by atoms with Gasteiger partial charge in [0.2, 0.25) is 0 Å². The molecule has 30 heavy (non-hydrogen) atoms. The Kier molecular flexibility index (Phi) is 6.49. The molecule has 0 aromatic heterocycles. The number of benzene rings is 2.